The van der Waals surface area contributed by atoms with Crippen LogP contribution in [0.25, 0.3) is 0 Å². The van der Waals surface area contributed by atoms with Crippen molar-refractivity contribution >= 4 is 40.2 Å². The molecule has 156 valence electrons. The number of para-hydroxylation sites is 1. The first-order chi connectivity index (χ1) is 15.1. The number of piperazine rings is 1. The highest BCUT2D eigenvalue weighted by Gasteiger charge is 2.52. The van der Waals surface area contributed by atoms with Crippen LogP contribution in [0.15, 0.2) is 47.8 Å². The van der Waals surface area contributed by atoms with Crippen molar-refractivity contribution in [1.82, 2.24) is 9.88 Å². The standard InChI is InChI=1S/C24H22N4O2S/c1-14-25-21(13-31-14)23(29)27-12-18-11-22(27)24(30)28(18)17-9-8-16-7-6-15-4-2-3-5-19(15)26-20(16)10-17/h2-5,8-10,13,18,22,26H,6-7,11-12H2,1H3/t18-,22-/m0/s1. The van der Waals surface area contributed by atoms with Crippen LogP contribution in [0.5, 0.6) is 0 Å². The number of nitrogens with one attached hydrogen (secondary N) is 1. The van der Waals surface area contributed by atoms with E-state index in [1.165, 1.54) is 22.5 Å². The zero-order valence-electron chi connectivity index (χ0n) is 17.2. The number of thiazole rings is 1. The van der Waals surface area contributed by atoms with Gasteiger partial charge in [0, 0.05) is 29.0 Å². The van der Waals surface area contributed by atoms with Crippen molar-refractivity contribution < 1.29 is 9.59 Å². The molecule has 3 aromatic rings. The molecule has 1 N–H and O–H groups in total. The fourth-order valence-electron chi connectivity index (χ4n) is 5.07. The number of hydrogen-bond acceptors (Lipinski definition) is 5. The molecule has 2 atom stereocenters. The number of nitrogens with zero attached hydrogens (tertiary/aromatic N) is 3. The fourth-order valence-corrected chi connectivity index (χ4v) is 5.66. The smallest absolute Gasteiger partial charge is 0.274 e. The second kappa shape index (κ2) is 6.92. The second-order valence-electron chi connectivity index (χ2n) is 8.45. The summed E-state index contributed by atoms with van der Waals surface area (Å²) in [6.07, 6.45) is 2.64. The van der Waals surface area contributed by atoms with Crippen LogP contribution in [0, 0.1) is 6.92 Å². The van der Waals surface area contributed by atoms with Gasteiger partial charge in [-0.15, -0.1) is 11.3 Å². The molecule has 3 aliphatic rings. The van der Waals surface area contributed by atoms with Crippen LogP contribution in [0.2, 0.25) is 0 Å². The van der Waals surface area contributed by atoms with E-state index in [4.69, 9.17) is 0 Å². The molecule has 2 fully saturated rings. The van der Waals surface area contributed by atoms with Gasteiger partial charge in [0.25, 0.3) is 5.91 Å². The predicted octanol–water partition coefficient (Wildman–Crippen LogP) is 3.92. The molecule has 0 saturated carbocycles. The van der Waals surface area contributed by atoms with Crippen molar-refractivity contribution in [3.05, 3.63) is 69.7 Å². The highest BCUT2D eigenvalue weighted by atomic mass is 32.1. The quantitative estimate of drug-likeness (QED) is 0.669. The molecule has 3 aliphatic heterocycles. The minimum absolute atomic E-state index is 0.00511. The maximum Gasteiger partial charge on any atom is 0.274 e. The largest absolute Gasteiger partial charge is 0.355 e. The Bertz CT molecular complexity index is 1220. The summed E-state index contributed by atoms with van der Waals surface area (Å²) in [5.41, 5.74) is 6.10. The van der Waals surface area contributed by atoms with Crippen LogP contribution in [-0.4, -0.2) is 40.3 Å². The highest BCUT2D eigenvalue weighted by molar-refractivity contribution is 7.09. The lowest BCUT2D eigenvalue weighted by atomic mass is 10.0. The summed E-state index contributed by atoms with van der Waals surface area (Å²) < 4.78 is 0. The van der Waals surface area contributed by atoms with Gasteiger partial charge in [-0.25, -0.2) is 4.98 Å². The number of fused-ring (bicyclic) bond motifs is 4. The van der Waals surface area contributed by atoms with Crippen LogP contribution >= 0.6 is 11.3 Å². The lowest BCUT2D eigenvalue weighted by molar-refractivity contribution is -0.121. The number of rotatable bonds is 2. The Labute approximate surface area is 184 Å². The molecule has 4 heterocycles. The first-order valence-corrected chi connectivity index (χ1v) is 11.5. The van der Waals surface area contributed by atoms with Gasteiger partial charge in [0.15, 0.2) is 0 Å². The Morgan fingerprint density at radius 1 is 1.13 bits per heavy atom. The van der Waals surface area contributed by atoms with Crippen molar-refractivity contribution in [2.45, 2.75) is 38.3 Å². The molecule has 31 heavy (non-hydrogen) atoms. The third-order valence-corrected chi connectivity index (χ3v) is 7.36. The van der Waals surface area contributed by atoms with Crippen LogP contribution in [0.1, 0.15) is 33.0 Å². The minimum atomic E-state index is -0.396. The van der Waals surface area contributed by atoms with Crippen LogP contribution < -0.4 is 10.2 Å². The molecule has 6 rings (SSSR count). The Kier molecular flexibility index (Phi) is 4.14. The Morgan fingerprint density at radius 3 is 2.71 bits per heavy atom. The van der Waals surface area contributed by atoms with E-state index in [1.807, 2.05) is 24.0 Å². The van der Waals surface area contributed by atoms with Crippen molar-refractivity contribution in [3.8, 4) is 0 Å². The summed E-state index contributed by atoms with van der Waals surface area (Å²) in [4.78, 5) is 34.0. The number of carbonyl (C=O) groups is 2. The van der Waals surface area contributed by atoms with Gasteiger partial charge in [-0.05, 0) is 55.5 Å². The number of hydrogen-bond donors (Lipinski definition) is 1. The van der Waals surface area contributed by atoms with E-state index in [2.05, 4.69) is 40.6 Å². The van der Waals surface area contributed by atoms with Gasteiger partial charge >= 0.3 is 0 Å². The second-order valence-corrected chi connectivity index (χ2v) is 9.51. The van der Waals surface area contributed by atoms with Crippen molar-refractivity contribution in [2.75, 3.05) is 16.8 Å². The molecule has 2 bridgehead atoms. The topological polar surface area (TPSA) is 65.5 Å². The van der Waals surface area contributed by atoms with E-state index in [1.54, 1.807) is 10.3 Å². The van der Waals surface area contributed by atoms with Crippen molar-refractivity contribution in [3.63, 3.8) is 0 Å². The van der Waals surface area contributed by atoms with E-state index < -0.39 is 6.04 Å². The Hall–Kier alpha value is -3.19. The molecule has 0 aliphatic carbocycles. The lowest BCUT2D eigenvalue weighted by Gasteiger charge is -2.34. The van der Waals surface area contributed by atoms with Gasteiger partial charge in [0.2, 0.25) is 5.91 Å². The van der Waals surface area contributed by atoms with Crippen LogP contribution in [-0.2, 0) is 17.6 Å². The molecule has 6 nitrogen and oxygen atoms in total. The first-order valence-electron chi connectivity index (χ1n) is 10.6. The van der Waals surface area contributed by atoms with E-state index in [9.17, 15) is 9.59 Å². The number of anilines is 3. The number of aryl methyl sites for hydroxylation is 3. The summed E-state index contributed by atoms with van der Waals surface area (Å²) in [5, 5.41) is 6.21. The molecule has 7 heteroatoms. The van der Waals surface area contributed by atoms with Crippen molar-refractivity contribution in [1.29, 1.82) is 0 Å². The molecule has 0 spiro atoms. The maximum absolute atomic E-state index is 13.2. The van der Waals surface area contributed by atoms with Crippen LogP contribution in [0.4, 0.5) is 17.1 Å². The average Bonchev–Trinajstić information content (AvgIpc) is 3.44. The Balaban J connectivity index is 1.27. The maximum atomic E-state index is 13.2. The summed E-state index contributed by atoms with van der Waals surface area (Å²) in [7, 11) is 0. The van der Waals surface area contributed by atoms with Gasteiger partial charge in [-0.2, -0.15) is 0 Å². The highest BCUT2D eigenvalue weighted by Crippen LogP contribution is 2.39. The van der Waals surface area contributed by atoms with Gasteiger partial charge in [0.05, 0.1) is 11.0 Å². The van der Waals surface area contributed by atoms with Gasteiger partial charge in [0.1, 0.15) is 11.7 Å². The van der Waals surface area contributed by atoms with Gasteiger partial charge in [-0.3, -0.25) is 9.59 Å². The van der Waals surface area contributed by atoms with Crippen molar-refractivity contribution in [2.24, 2.45) is 0 Å². The normalized spacial score (nSPS) is 21.5. The molecular weight excluding hydrogens is 408 g/mol. The molecule has 2 amide bonds. The molecule has 2 saturated heterocycles. The number of carbonyl (C=O) groups excluding carboxylic acids is 2. The minimum Gasteiger partial charge on any atom is -0.355 e. The number of benzene rings is 2. The fraction of sp³-hybridized carbons (Fsp3) is 0.292. The first kappa shape index (κ1) is 18.6. The number of aromatic nitrogens is 1. The summed E-state index contributed by atoms with van der Waals surface area (Å²) in [6, 6.07) is 14.3. The zero-order chi connectivity index (χ0) is 21.1. The van der Waals surface area contributed by atoms with E-state index >= 15 is 0 Å². The SMILES string of the molecule is Cc1nc(C(=O)N2C[C@@H]3C[C@H]2C(=O)N3c2ccc3c(c2)Nc2ccccc2CC3)cs1. The lowest BCUT2D eigenvalue weighted by Crippen LogP contribution is -2.52. The Morgan fingerprint density at radius 2 is 1.94 bits per heavy atom. The molecular formula is C24H22N4O2S. The average molecular weight is 431 g/mol. The predicted molar refractivity (Wildman–Crippen MR) is 121 cm³/mol. The number of likely N-dealkylation sites (tertiary alicyclic amines) is 1. The van der Waals surface area contributed by atoms with E-state index in [-0.39, 0.29) is 17.9 Å². The van der Waals surface area contributed by atoms with E-state index in [0.29, 0.717) is 18.7 Å². The molecule has 0 unspecified atom stereocenters. The van der Waals surface area contributed by atoms with Crippen LogP contribution in [0.3, 0.4) is 0 Å². The molecule has 1 aromatic heterocycles. The van der Waals surface area contributed by atoms with E-state index in [0.717, 1.165) is 34.9 Å². The van der Waals surface area contributed by atoms with Gasteiger partial charge < -0.3 is 15.1 Å². The monoisotopic (exact) mass is 430 g/mol. The third kappa shape index (κ3) is 2.95. The third-order valence-electron chi connectivity index (χ3n) is 6.59. The number of amides is 2. The summed E-state index contributed by atoms with van der Waals surface area (Å²) in [5.74, 6) is -0.129. The summed E-state index contributed by atoms with van der Waals surface area (Å²) >= 11 is 1.46. The summed E-state index contributed by atoms with van der Waals surface area (Å²) in [6.45, 7) is 2.44. The van der Waals surface area contributed by atoms with Gasteiger partial charge in [-0.1, -0.05) is 24.3 Å². The molecule has 2 aromatic carbocycles. The molecule has 0 radical (unpaired) electrons. The zero-order valence-corrected chi connectivity index (χ0v) is 18.0.